The van der Waals surface area contributed by atoms with E-state index < -0.39 is 0 Å². The molecule has 2 unspecified atom stereocenters. The fraction of sp³-hybridized carbons (Fsp3) is 0.565. The first-order chi connectivity index (χ1) is 22.7. The van der Waals surface area contributed by atoms with Crippen LogP contribution in [0, 0.1) is 11.3 Å². The van der Waals surface area contributed by atoms with Crippen LogP contribution in [0.5, 0.6) is 0 Å². The molecule has 1 aromatic carbocycles. The zero-order valence-corrected chi connectivity index (χ0v) is 38.7. The van der Waals surface area contributed by atoms with E-state index in [0.29, 0.717) is 11.3 Å². The van der Waals surface area contributed by atoms with Crippen molar-refractivity contribution in [1.29, 1.82) is 0 Å². The van der Waals surface area contributed by atoms with Crippen molar-refractivity contribution < 1.29 is 4.52 Å². The molecule has 49 heavy (non-hydrogen) atoms. The number of rotatable bonds is 7. The Morgan fingerprint density at radius 3 is 1.47 bits per heavy atom. The molecule has 0 radical (unpaired) electrons. The zero-order chi connectivity index (χ0) is 40.2. The SMILES string of the molecule is C=C/C(C)=C(/C)C=C(C)C.C=CC(=C)C.CC.CC.CC(C)(C)C.CCC.CCP(C)c1ccc(C2=CCC(C)C=C2)cc1.COP(C)C. The number of benzene rings is 1. The summed E-state index contributed by atoms with van der Waals surface area (Å²) in [5.41, 5.74) is 8.14. The van der Waals surface area contributed by atoms with Crippen molar-refractivity contribution in [3.8, 4) is 0 Å². The Kier molecular flexibility index (Phi) is 49.3. The van der Waals surface area contributed by atoms with E-state index in [4.69, 9.17) is 4.52 Å². The summed E-state index contributed by atoms with van der Waals surface area (Å²) >= 11 is 0. The van der Waals surface area contributed by atoms with Crippen molar-refractivity contribution in [2.24, 2.45) is 11.3 Å². The van der Waals surface area contributed by atoms with E-state index in [0.717, 1.165) is 5.57 Å². The molecule has 1 aliphatic carbocycles. The van der Waals surface area contributed by atoms with E-state index in [1.54, 1.807) is 13.2 Å². The maximum absolute atomic E-state index is 4.81. The van der Waals surface area contributed by atoms with Crippen LogP contribution in [0.3, 0.4) is 0 Å². The number of hydrogen-bond acceptors (Lipinski definition) is 1. The van der Waals surface area contributed by atoms with Crippen LogP contribution in [0.15, 0.2) is 103 Å². The number of allylic oxidation sites excluding steroid dienone is 11. The molecule has 0 amide bonds. The fourth-order valence-corrected chi connectivity index (χ4v) is 3.76. The molecule has 0 aliphatic heterocycles. The average Bonchev–Trinajstić information content (AvgIpc) is 3.06. The molecule has 0 aromatic heterocycles. The Morgan fingerprint density at radius 1 is 0.837 bits per heavy atom. The van der Waals surface area contributed by atoms with Gasteiger partial charge in [0.1, 0.15) is 0 Å². The summed E-state index contributed by atoms with van der Waals surface area (Å²) in [6.07, 6.45) is 16.4. The van der Waals surface area contributed by atoms with Crippen LogP contribution in [0.2, 0.25) is 0 Å². The third-order valence-electron chi connectivity index (χ3n) is 5.58. The van der Waals surface area contributed by atoms with Gasteiger partial charge in [0.25, 0.3) is 0 Å². The molecule has 2 rings (SSSR count). The molecule has 3 heteroatoms. The summed E-state index contributed by atoms with van der Waals surface area (Å²) in [5.74, 6) is 0.696. The summed E-state index contributed by atoms with van der Waals surface area (Å²) in [4.78, 5) is 0. The van der Waals surface area contributed by atoms with Crippen LogP contribution in [0.25, 0.3) is 5.57 Å². The second kappa shape index (κ2) is 40.6. The van der Waals surface area contributed by atoms with E-state index in [1.807, 2.05) is 40.7 Å². The first kappa shape index (κ1) is 59.4. The summed E-state index contributed by atoms with van der Waals surface area (Å²) in [6, 6.07) is 9.15. The van der Waals surface area contributed by atoms with Crippen molar-refractivity contribution >= 4 is 26.9 Å². The van der Waals surface area contributed by atoms with E-state index in [-0.39, 0.29) is 16.1 Å². The smallest absolute Gasteiger partial charge is 0.0397 e. The Morgan fingerprint density at radius 2 is 1.22 bits per heavy atom. The molecular weight excluding hydrogens is 630 g/mol. The van der Waals surface area contributed by atoms with Gasteiger partial charge in [-0.2, -0.15) is 0 Å². The van der Waals surface area contributed by atoms with Crippen LogP contribution in [0.1, 0.15) is 136 Å². The van der Waals surface area contributed by atoms with Crippen LogP contribution < -0.4 is 5.30 Å². The predicted octanol–water partition coefficient (Wildman–Crippen LogP) is 16.5. The lowest BCUT2D eigenvalue weighted by Crippen LogP contribution is -2.01. The topological polar surface area (TPSA) is 9.23 Å². The number of hydrogen-bond donors (Lipinski definition) is 0. The monoisotopic (exact) mass is 717 g/mol. The van der Waals surface area contributed by atoms with Gasteiger partial charge < -0.3 is 4.52 Å². The molecular formula is C46H86OP2. The highest BCUT2D eigenvalue weighted by Crippen LogP contribution is 2.30. The maximum atomic E-state index is 4.81. The van der Waals surface area contributed by atoms with Gasteiger partial charge in [-0.15, -0.1) is 0 Å². The van der Waals surface area contributed by atoms with Crippen molar-refractivity contribution in [2.75, 3.05) is 33.3 Å². The van der Waals surface area contributed by atoms with Gasteiger partial charge in [-0.3, -0.25) is 0 Å². The maximum Gasteiger partial charge on any atom is 0.0397 e. The molecule has 0 saturated heterocycles. The van der Waals surface area contributed by atoms with E-state index in [2.05, 4.69) is 171 Å². The lowest BCUT2D eigenvalue weighted by Gasteiger charge is -2.14. The van der Waals surface area contributed by atoms with Gasteiger partial charge in [-0.05, 0) is 106 Å². The molecule has 286 valence electrons. The molecule has 1 aromatic rings. The highest BCUT2D eigenvalue weighted by Gasteiger charge is 2.07. The molecule has 0 heterocycles. The molecule has 0 spiro atoms. The summed E-state index contributed by atoms with van der Waals surface area (Å²) in [7, 11) is 1.68. The Bertz CT molecular complexity index is 1020. The first-order valence-electron chi connectivity index (χ1n) is 18.4. The summed E-state index contributed by atoms with van der Waals surface area (Å²) < 4.78 is 4.81. The molecule has 1 nitrogen and oxygen atoms in total. The van der Waals surface area contributed by atoms with Gasteiger partial charge in [0.15, 0.2) is 0 Å². The molecule has 0 fully saturated rings. The predicted molar refractivity (Wildman–Crippen MR) is 243 cm³/mol. The van der Waals surface area contributed by atoms with E-state index in [1.165, 1.54) is 52.2 Å². The van der Waals surface area contributed by atoms with Gasteiger partial charge in [0.2, 0.25) is 0 Å². The highest BCUT2D eigenvalue weighted by molar-refractivity contribution is 7.64. The van der Waals surface area contributed by atoms with Gasteiger partial charge in [-0.25, -0.2) is 0 Å². The summed E-state index contributed by atoms with van der Waals surface area (Å²) in [6.45, 7) is 53.0. The molecule has 0 saturated carbocycles. The minimum absolute atomic E-state index is 0.0520. The van der Waals surface area contributed by atoms with Gasteiger partial charge in [0.05, 0.1) is 0 Å². The molecule has 1 aliphatic rings. The third kappa shape index (κ3) is 50.7. The Balaban J connectivity index is -0.000000124. The fourth-order valence-electron chi connectivity index (χ4n) is 2.74. The van der Waals surface area contributed by atoms with Crippen molar-refractivity contribution in [2.45, 2.75) is 131 Å². The third-order valence-corrected chi connectivity index (χ3v) is 8.44. The minimum atomic E-state index is -0.0983. The van der Waals surface area contributed by atoms with Crippen molar-refractivity contribution in [1.82, 2.24) is 0 Å². The van der Waals surface area contributed by atoms with Crippen LogP contribution in [-0.4, -0.2) is 33.3 Å². The quantitative estimate of drug-likeness (QED) is 0.202. The first-order valence-corrected chi connectivity index (χ1v) is 22.5. The van der Waals surface area contributed by atoms with Gasteiger partial charge >= 0.3 is 0 Å². The van der Waals surface area contributed by atoms with Gasteiger partial charge in [0, 0.05) is 15.3 Å². The lowest BCUT2D eigenvalue weighted by atomic mass is 9.94. The Hall–Kier alpha value is -1.78. The van der Waals surface area contributed by atoms with Crippen molar-refractivity contribution in [3.63, 3.8) is 0 Å². The van der Waals surface area contributed by atoms with Crippen LogP contribution in [-0.2, 0) is 4.52 Å². The van der Waals surface area contributed by atoms with Crippen molar-refractivity contribution in [3.05, 3.63) is 108 Å². The van der Waals surface area contributed by atoms with Gasteiger partial charge in [-0.1, -0.05) is 189 Å². The largest absolute Gasteiger partial charge is 0.363 e. The van der Waals surface area contributed by atoms with Crippen LogP contribution in [0.4, 0.5) is 0 Å². The molecule has 2 atom stereocenters. The summed E-state index contributed by atoms with van der Waals surface area (Å²) in [5, 5.41) is 1.51. The second-order valence-corrected chi connectivity index (χ2v) is 17.9. The standard InChI is InChI=1S/C16H21P.C10H16.C5H12.C5H8.C3H9OP.C3H8.2C2H6/c1-4-17(3)16-11-9-15(10-12-16)14-7-5-13(2)6-8-14;1-6-9(4)10(5)7-8(2)3;1-5(2,3)4;2*1-4-5(2)3;1-3-2;2*1-2/h5,7-13H,4,6H2,1-3H3;6-7H,1H2,2-5H3;1-4H3;4H,1-2H2,3H3;1-3H3;3H2,1-2H3;2*1-2H3/b;10-9-;;;;;;. The average molecular weight is 717 g/mol. The zero-order valence-electron chi connectivity index (χ0n) is 36.9. The Labute approximate surface area is 313 Å². The molecule has 0 N–H and O–H groups in total. The normalized spacial score (nSPS) is 13.3. The van der Waals surface area contributed by atoms with E-state index >= 15 is 0 Å². The lowest BCUT2D eigenvalue weighted by molar-refractivity contribution is 0.468. The van der Waals surface area contributed by atoms with E-state index in [9.17, 15) is 0 Å². The van der Waals surface area contributed by atoms with Crippen LogP contribution >= 0.6 is 16.1 Å². The minimum Gasteiger partial charge on any atom is -0.363 e. The highest BCUT2D eigenvalue weighted by atomic mass is 31.1. The second-order valence-electron chi connectivity index (χ2n) is 13.3. The molecule has 0 bridgehead atoms.